The second kappa shape index (κ2) is 8.36. The zero-order valence-electron chi connectivity index (χ0n) is 12.1. The van der Waals surface area contributed by atoms with Gasteiger partial charge in [0.1, 0.15) is 5.82 Å². The lowest BCUT2D eigenvalue weighted by Gasteiger charge is -2.33. The maximum atomic E-state index is 13.6. The Bertz CT molecular complexity index is 466. The third-order valence-corrected chi connectivity index (χ3v) is 4.69. The van der Waals surface area contributed by atoms with Crippen LogP contribution in [0.25, 0.3) is 0 Å². The Labute approximate surface area is 129 Å². The number of primary amides is 1. The first-order chi connectivity index (χ1) is 10.2. The summed E-state index contributed by atoms with van der Waals surface area (Å²) in [5.74, 6) is 0.258. The molecular weight excluding hydrogens is 289 g/mol. The van der Waals surface area contributed by atoms with Crippen molar-refractivity contribution in [2.75, 3.05) is 31.9 Å². The van der Waals surface area contributed by atoms with Crippen LogP contribution in [-0.4, -0.2) is 48.8 Å². The number of rotatable bonds is 7. The highest BCUT2D eigenvalue weighted by Gasteiger charge is 2.21. The van der Waals surface area contributed by atoms with Crippen molar-refractivity contribution < 1.29 is 9.18 Å². The van der Waals surface area contributed by atoms with Crippen LogP contribution in [0.2, 0.25) is 0 Å². The Balaban J connectivity index is 1.86. The van der Waals surface area contributed by atoms with Crippen LogP contribution >= 0.6 is 11.8 Å². The number of nitrogens with two attached hydrogens (primary N) is 1. The van der Waals surface area contributed by atoms with Crippen molar-refractivity contribution in [3.05, 3.63) is 30.1 Å². The molecule has 1 saturated heterocycles. The van der Waals surface area contributed by atoms with Gasteiger partial charge in [-0.1, -0.05) is 12.1 Å². The normalized spacial score (nSPS) is 16.3. The van der Waals surface area contributed by atoms with Crippen LogP contribution in [0.4, 0.5) is 4.39 Å². The van der Waals surface area contributed by atoms with Crippen molar-refractivity contribution in [1.29, 1.82) is 0 Å². The van der Waals surface area contributed by atoms with Crippen LogP contribution in [-0.2, 0) is 4.79 Å². The minimum absolute atomic E-state index is 0.189. The van der Waals surface area contributed by atoms with Gasteiger partial charge in [-0.25, -0.2) is 4.39 Å². The lowest BCUT2D eigenvalue weighted by atomic mass is 10.0. The second-order valence-corrected chi connectivity index (χ2v) is 6.33. The van der Waals surface area contributed by atoms with E-state index in [2.05, 4.69) is 10.2 Å². The monoisotopic (exact) mass is 311 g/mol. The van der Waals surface area contributed by atoms with E-state index in [1.54, 1.807) is 12.1 Å². The van der Waals surface area contributed by atoms with Gasteiger partial charge in [-0.3, -0.25) is 9.69 Å². The first-order valence-corrected chi connectivity index (χ1v) is 8.26. The minimum atomic E-state index is -0.301. The molecule has 0 bridgehead atoms. The van der Waals surface area contributed by atoms with E-state index in [9.17, 15) is 9.18 Å². The number of nitrogens with one attached hydrogen (secondary N) is 1. The molecule has 1 aromatic rings. The van der Waals surface area contributed by atoms with Crippen molar-refractivity contribution in [3.8, 4) is 0 Å². The maximum absolute atomic E-state index is 13.6. The average molecular weight is 311 g/mol. The fraction of sp³-hybridized carbons (Fsp3) is 0.533. The molecule has 2 rings (SSSR count). The molecule has 3 N–H and O–H groups in total. The first kappa shape index (κ1) is 16.3. The summed E-state index contributed by atoms with van der Waals surface area (Å²) in [5, 5.41) is 3.31. The van der Waals surface area contributed by atoms with E-state index in [0.29, 0.717) is 10.9 Å². The summed E-state index contributed by atoms with van der Waals surface area (Å²) in [6, 6.07) is 7.16. The molecule has 1 fully saturated rings. The Morgan fingerprint density at radius 2 is 2.10 bits per heavy atom. The molecule has 116 valence electrons. The summed E-state index contributed by atoms with van der Waals surface area (Å²) >= 11 is 1.48. The highest BCUT2D eigenvalue weighted by atomic mass is 32.2. The van der Waals surface area contributed by atoms with Crippen molar-refractivity contribution in [1.82, 2.24) is 10.2 Å². The standard InChI is InChI=1S/C15H22FN3OS/c16-13-3-1-2-4-14(13)21-10-9-19(11-15(17)20)12-5-7-18-8-6-12/h1-4,12,18H,5-11H2,(H2,17,20). The van der Waals surface area contributed by atoms with E-state index < -0.39 is 0 Å². The number of thioether (sulfide) groups is 1. The molecule has 0 spiro atoms. The highest BCUT2D eigenvalue weighted by molar-refractivity contribution is 7.99. The van der Waals surface area contributed by atoms with Gasteiger partial charge in [0.2, 0.25) is 5.91 Å². The van der Waals surface area contributed by atoms with Gasteiger partial charge in [-0.15, -0.1) is 11.8 Å². The van der Waals surface area contributed by atoms with E-state index in [1.165, 1.54) is 17.8 Å². The third kappa shape index (κ3) is 5.30. The van der Waals surface area contributed by atoms with Gasteiger partial charge in [0, 0.05) is 23.2 Å². The Morgan fingerprint density at radius 1 is 1.38 bits per heavy atom. The molecule has 0 aliphatic carbocycles. The Kier molecular flexibility index (Phi) is 6.48. The highest BCUT2D eigenvalue weighted by Crippen LogP contribution is 2.22. The molecule has 4 nitrogen and oxygen atoms in total. The summed E-state index contributed by atoms with van der Waals surface area (Å²) in [6.45, 7) is 2.97. The fourth-order valence-corrected chi connectivity index (χ4v) is 3.52. The van der Waals surface area contributed by atoms with Crippen LogP contribution in [0.5, 0.6) is 0 Å². The molecule has 0 saturated carbocycles. The molecule has 1 aliphatic rings. The van der Waals surface area contributed by atoms with Gasteiger partial charge in [-0.05, 0) is 38.1 Å². The number of carbonyl (C=O) groups excluding carboxylic acids is 1. The van der Waals surface area contributed by atoms with Gasteiger partial charge in [0.25, 0.3) is 0 Å². The Hall–Kier alpha value is -1.11. The summed E-state index contributed by atoms with van der Waals surface area (Å²) in [5.41, 5.74) is 5.34. The molecule has 0 atom stereocenters. The average Bonchev–Trinajstić information content (AvgIpc) is 2.49. The van der Waals surface area contributed by atoms with E-state index in [4.69, 9.17) is 5.73 Å². The SMILES string of the molecule is NC(=O)CN(CCSc1ccccc1F)C1CCNCC1. The summed E-state index contributed by atoms with van der Waals surface area (Å²) < 4.78 is 13.6. The number of hydrogen-bond donors (Lipinski definition) is 2. The first-order valence-electron chi connectivity index (χ1n) is 7.27. The van der Waals surface area contributed by atoms with Gasteiger partial charge in [0.05, 0.1) is 6.54 Å². The van der Waals surface area contributed by atoms with Gasteiger partial charge in [0.15, 0.2) is 0 Å². The van der Waals surface area contributed by atoms with E-state index in [-0.39, 0.29) is 18.3 Å². The predicted octanol–water partition coefficient (Wildman–Crippen LogP) is 1.46. The van der Waals surface area contributed by atoms with E-state index in [1.807, 2.05) is 6.07 Å². The second-order valence-electron chi connectivity index (χ2n) is 5.20. The topological polar surface area (TPSA) is 58.4 Å². The molecule has 1 heterocycles. The third-order valence-electron chi connectivity index (χ3n) is 3.66. The van der Waals surface area contributed by atoms with Crippen LogP contribution in [0, 0.1) is 5.82 Å². The Morgan fingerprint density at radius 3 is 2.76 bits per heavy atom. The molecule has 0 radical (unpaired) electrons. The molecule has 6 heteroatoms. The maximum Gasteiger partial charge on any atom is 0.231 e. The number of nitrogens with zero attached hydrogens (tertiary/aromatic N) is 1. The van der Waals surface area contributed by atoms with Crippen LogP contribution < -0.4 is 11.1 Å². The van der Waals surface area contributed by atoms with Crippen LogP contribution in [0.3, 0.4) is 0 Å². The molecular formula is C15H22FN3OS. The zero-order chi connectivity index (χ0) is 15.1. The van der Waals surface area contributed by atoms with Crippen LogP contribution in [0.1, 0.15) is 12.8 Å². The zero-order valence-corrected chi connectivity index (χ0v) is 12.9. The number of amides is 1. The lowest BCUT2D eigenvalue weighted by molar-refractivity contribution is -0.119. The van der Waals surface area contributed by atoms with Gasteiger partial charge >= 0.3 is 0 Å². The quantitative estimate of drug-likeness (QED) is 0.749. The van der Waals surface area contributed by atoms with Crippen molar-refractivity contribution in [2.45, 2.75) is 23.8 Å². The number of piperidine rings is 1. The van der Waals surface area contributed by atoms with Gasteiger partial charge in [-0.2, -0.15) is 0 Å². The molecule has 1 aromatic carbocycles. The summed E-state index contributed by atoms with van der Waals surface area (Å²) in [7, 11) is 0. The molecule has 0 aromatic heterocycles. The number of benzene rings is 1. The summed E-state index contributed by atoms with van der Waals surface area (Å²) in [6.07, 6.45) is 2.05. The van der Waals surface area contributed by atoms with Crippen molar-refractivity contribution in [3.63, 3.8) is 0 Å². The molecule has 1 aliphatic heterocycles. The lowest BCUT2D eigenvalue weighted by Crippen LogP contribution is -2.47. The number of hydrogen-bond acceptors (Lipinski definition) is 4. The van der Waals surface area contributed by atoms with E-state index in [0.717, 1.165) is 38.2 Å². The van der Waals surface area contributed by atoms with E-state index >= 15 is 0 Å². The number of carbonyl (C=O) groups is 1. The number of halogens is 1. The van der Waals surface area contributed by atoms with Crippen molar-refractivity contribution in [2.24, 2.45) is 5.73 Å². The predicted molar refractivity (Wildman–Crippen MR) is 83.8 cm³/mol. The van der Waals surface area contributed by atoms with Gasteiger partial charge < -0.3 is 11.1 Å². The van der Waals surface area contributed by atoms with Crippen LogP contribution in [0.15, 0.2) is 29.2 Å². The fourth-order valence-electron chi connectivity index (χ4n) is 2.60. The van der Waals surface area contributed by atoms with Crippen molar-refractivity contribution >= 4 is 17.7 Å². The molecule has 21 heavy (non-hydrogen) atoms. The largest absolute Gasteiger partial charge is 0.369 e. The summed E-state index contributed by atoms with van der Waals surface area (Å²) in [4.78, 5) is 14.0. The minimum Gasteiger partial charge on any atom is -0.369 e. The smallest absolute Gasteiger partial charge is 0.231 e. The molecule has 1 amide bonds. The molecule has 0 unspecified atom stereocenters.